The Morgan fingerprint density at radius 3 is 3.07 bits per heavy atom. The van der Waals surface area contributed by atoms with Crippen LogP contribution in [-0.4, -0.2) is 9.97 Å². The molecule has 0 saturated heterocycles. The molecule has 0 amide bonds. The van der Waals surface area contributed by atoms with E-state index in [-0.39, 0.29) is 0 Å². The molecule has 0 aliphatic rings. The molecule has 0 aromatic carbocycles. The van der Waals surface area contributed by atoms with Crippen molar-refractivity contribution in [3.8, 4) is 0 Å². The summed E-state index contributed by atoms with van der Waals surface area (Å²) in [6.07, 6.45) is 6.40. The minimum atomic E-state index is 0.377. The number of furan rings is 1. The third kappa shape index (κ3) is 2.23. The molecule has 0 fully saturated rings. The zero-order valence-electron chi connectivity index (χ0n) is 7.27. The first-order valence-electron chi connectivity index (χ1n) is 4.07. The van der Waals surface area contributed by atoms with Gasteiger partial charge in [0.1, 0.15) is 11.0 Å². The number of halogens is 1. The van der Waals surface area contributed by atoms with Crippen molar-refractivity contribution < 1.29 is 4.42 Å². The molecule has 2 aromatic rings. The van der Waals surface area contributed by atoms with E-state index in [1.54, 1.807) is 18.7 Å². The molecule has 2 aromatic heterocycles. The predicted molar refractivity (Wildman–Crippen MR) is 53.1 cm³/mol. The molecule has 0 aliphatic heterocycles. The summed E-state index contributed by atoms with van der Waals surface area (Å²) in [5.74, 6) is 0.652. The molecule has 0 spiro atoms. The molecule has 0 aliphatic carbocycles. The van der Waals surface area contributed by atoms with E-state index in [0.29, 0.717) is 17.5 Å². The first kappa shape index (κ1) is 9.02. The van der Waals surface area contributed by atoms with Crippen LogP contribution in [0.3, 0.4) is 0 Å². The lowest BCUT2D eigenvalue weighted by Gasteiger charge is -2.02. The largest absolute Gasteiger partial charge is 0.472 e. The second kappa shape index (κ2) is 4.11. The fourth-order valence-electron chi connectivity index (χ4n) is 1.01. The molecule has 1 N–H and O–H groups in total. The highest BCUT2D eigenvalue weighted by Gasteiger charge is 1.97. The highest BCUT2D eigenvalue weighted by atomic mass is 35.5. The molecule has 2 rings (SSSR count). The van der Waals surface area contributed by atoms with Crippen molar-refractivity contribution in [2.45, 2.75) is 6.54 Å². The lowest BCUT2D eigenvalue weighted by atomic mass is 10.3. The van der Waals surface area contributed by atoms with Crippen molar-refractivity contribution in [2.75, 3.05) is 5.32 Å². The Bertz CT molecular complexity index is 402. The molecule has 0 atom stereocenters. The van der Waals surface area contributed by atoms with Crippen molar-refractivity contribution in [3.05, 3.63) is 41.7 Å². The number of rotatable bonds is 3. The van der Waals surface area contributed by atoms with E-state index < -0.39 is 0 Å². The molecular weight excluding hydrogens is 202 g/mol. The standard InChI is InChI=1S/C9H8ClN3O/c10-8-4-11-5-9(13-8)12-3-7-1-2-14-6-7/h1-2,4-6H,3H2,(H,12,13). The summed E-state index contributed by atoms with van der Waals surface area (Å²) in [5.41, 5.74) is 1.05. The summed E-state index contributed by atoms with van der Waals surface area (Å²) in [7, 11) is 0. The average molecular weight is 210 g/mol. The zero-order valence-corrected chi connectivity index (χ0v) is 8.03. The highest BCUT2D eigenvalue weighted by molar-refractivity contribution is 6.29. The second-order valence-electron chi connectivity index (χ2n) is 2.71. The Labute approximate surface area is 85.9 Å². The Hall–Kier alpha value is -1.55. The van der Waals surface area contributed by atoms with Gasteiger partial charge in [0.2, 0.25) is 0 Å². The predicted octanol–water partition coefficient (Wildman–Crippen LogP) is 2.34. The van der Waals surface area contributed by atoms with Gasteiger partial charge >= 0.3 is 0 Å². The first-order valence-corrected chi connectivity index (χ1v) is 4.45. The Balaban J connectivity index is 1.98. The molecular formula is C9H8ClN3O. The van der Waals surface area contributed by atoms with E-state index in [1.165, 1.54) is 6.20 Å². The lowest BCUT2D eigenvalue weighted by molar-refractivity contribution is 0.564. The maximum Gasteiger partial charge on any atom is 0.149 e. The van der Waals surface area contributed by atoms with Crippen molar-refractivity contribution in [1.82, 2.24) is 9.97 Å². The van der Waals surface area contributed by atoms with Crippen LogP contribution in [0.15, 0.2) is 35.4 Å². The molecule has 0 bridgehead atoms. The molecule has 14 heavy (non-hydrogen) atoms. The lowest BCUT2D eigenvalue weighted by Crippen LogP contribution is -2.00. The van der Waals surface area contributed by atoms with Gasteiger partial charge in [0.15, 0.2) is 0 Å². The fourth-order valence-corrected chi connectivity index (χ4v) is 1.16. The molecule has 4 nitrogen and oxygen atoms in total. The van der Waals surface area contributed by atoms with Gasteiger partial charge in [-0.2, -0.15) is 0 Å². The van der Waals surface area contributed by atoms with E-state index in [0.717, 1.165) is 5.56 Å². The first-order chi connectivity index (χ1) is 6.84. The van der Waals surface area contributed by atoms with Crippen LogP contribution in [-0.2, 0) is 6.54 Å². The van der Waals surface area contributed by atoms with E-state index in [4.69, 9.17) is 16.0 Å². The van der Waals surface area contributed by atoms with Gasteiger partial charge < -0.3 is 9.73 Å². The summed E-state index contributed by atoms with van der Waals surface area (Å²) < 4.78 is 4.92. The van der Waals surface area contributed by atoms with E-state index in [9.17, 15) is 0 Å². The van der Waals surface area contributed by atoms with Gasteiger partial charge in [-0.25, -0.2) is 4.98 Å². The number of aromatic nitrogens is 2. The quantitative estimate of drug-likeness (QED) is 0.843. The zero-order chi connectivity index (χ0) is 9.80. The molecule has 72 valence electrons. The van der Waals surface area contributed by atoms with Crippen molar-refractivity contribution in [2.24, 2.45) is 0 Å². The number of hydrogen-bond acceptors (Lipinski definition) is 4. The van der Waals surface area contributed by atoms with E-state index in [1.807, 2.05) is 6.07 Å². The van der Waals surface area contributed by atoms with Gasteiger partial charge in [0.25, 0.3) is 0 Å². The number of nitrogens with zero attached hydrogens (tertiary/aromatic N) is 2. The smallest absolute Gasteiger partial charge is 0.149 e. The fraction of sp³-hybridized carbons (Fsp3) is 0.111. The van der Waals surface area contributed by atoms with E-state index in [2.05, 4.69) is 15.3 Å². The van der Waals surface area contributed by atoms with E-state index >= 15 is 0 Å². The van der Waals surface area contributed by atoms with Crippen molar-refractivity contribution >= 4 is 17.4 Å². The molecule has 5 heteroatoms. The summed E-state index contributed by atoms with van der Waals surface area (Å²) in [6, 6.07) is 1.88. The normalized spacial score (nSPS) is 10.1. The molecule has 0 unspecified atom stereocenters. The van der Waals surface area contributed by atoms with Gasteiger partial charge in [-0.05, 0) is 6.07 Å². The summed E-state index contributed by atoms with van der Waals surface area (Å²) in [6.45, 7) is 0.644. The monoisotopic (exact) mass is 209 g/mol. The minimum Gasteiger partial charge on any atom is -0.472 e. The number of nitrogens with one attached hydrogen (secondary N) is 1. The van der Waals surface area contributed by atoms with Crippen LogP contribution < -0.4 is 5.32 Å². The van der Waals surface area contributed by atoms with Crippen LogP contribution >= 0.6 is 11.6 Å². The van der Waals surface area contributed by atoms with Gasteiger partial charge in [-0.1, -0.05) is 11.6 Å². The maximum atomic E-state index is 5.67. The summed E-state index contributed by atoms with van der Waals surface area (Å²) in [4.78, 5) is 7.94. The van der Waals surface area contributed by atoms with Gasteiger partial charge in [-0.3, -0.25) is 4.98 Å². The van der Waals surface area contributed by atoms with Crippen molar-refractivity contribution in [3.63, 3.8) is 0 Å². The summed E-state index contributed by atoms with van der Waals surface area (Å²) in [5, 5.41) is 3.45. The minimum absolute atomic E-state index is 0.377. The highest BCUT2D eigenvalue weighted by Crippen LogP contribution is 2.08. The van der Waals surface area contributed by atoms with Gasteiger partial charge in [-0.15, -0.1) is 0 Å². The second-order valence-corrected chi connectivity index (χ2v) is 3.10. The average Bonchev–Trinajstić information content (AvgIpc) is 2.67. The maximum absolute atomic E-state index is 5.67. The Morgan fingerprint density at radius 2 is 2.36 bits per heavy atom. The molecule has 2 heterocycles. The number of anilines is 1. The number of hydrogen-bond donors (Lipinski definition) is 1. The van der Waals surface area contributed by atoms with Crippen LogP contribution in [0.5, 0.6) is 0 Å². The van der Waals surface area contributed by atoms with Crippen LogP contribution in [0.4, 0.5) is 5.82 Å². The molecule has 0 saturated carbocycles. The van der Waals surface area contributed by atoms with Crippen LogP contribution in [0.25, 0.3) is 0 Å². The van der Waals surface area contributed by atoms with Gasteiger partial charge in [0, 0.05) is 12.1 Å². The third-order valence-electron chi connectivity index (χ3n) is 1.66. The summed E-state index contributed by atoms with van der Waals surface area (Å²) >= 11 is 5.67. The SMILES string of the molecule is Clc1cncc(NCc2ccoc2)n1. The van der Waals surface area contributed by atoms with Crippen LogP contribution in [0.2, 0.25) is 5.15 Å². The van der Waals surface area contributed by atoms with Gasteiger partial charge in [0.05, 0.1) is 24.9 Å². The Morgan fingerprint density at radius 1 is 1.43 bits per heavy atom. The van der Waals surface area contributed by atoms with Crippen LogP contribution in [0, 0.1) is 0 Å². The third-order valence-corrected chi connectivity index (χ3v) is 1.84. The topological polar surface area (TPSA) is 51.0 Å². The Kier molecular flexibility index (Phi) is 2.65. The molecule has 0 radical (unpaired) electrons. The van der Waals surface area contributed by atoms with Crippen molar-refractivity contribution in [1.29, 1.82) is 0 Å². The van der Waals surface area contributed by atoms with Crippen LogP contribution in [0.1, 0.15) is 5.56 Å².